The summed E-state index contributed by atoms with van der Waals surface area (Å²) in [6, 6.07) is 3.77. The molecule has 2 unspecified atom stereocenters. The number of aliphatic carboxylic acids is 1. The molecular weight excluding hydrogens is 354 g/mol. The standard InChI is InChI=1S/C17H21N5O5/c18-7-15(24)21-13(6-11-8-19-9-20-11)16(25)22-14(17(26)27)5-10-1-3-12(23)4-2-10/h1-4,8-9,13-14,23H,5-7,18H2,(H,19,20)(H,21,24)(H,22,25)(H,26,27). The number of nitrogens with zero attached hydrogens (tertiary/aromatic N) is 1. The summed E-state index contributed by atoms with van der Waals surface area (Å²) >= 11 is 0. The quantitative estimate of drug-likeness (QED) is 0.323. The molecule has 0 aliphatic heterocycles. The lowest BCUT2D eigenvalue weighted by molar-refractivity contribution is -0.142. The van der Waals surface area contributed by atoms with Crippen LogP contribution in [-0.2, 0) is 27.2 Å². The second-order valence-corrected chi connectivity index (χ2v) is 5.88. The van der Waals surface area contributed by atoms with Gasteiger partial charge in [0, 0.05) is 24.7 Å². The number of H-pyrrole nitrogens is 1. The van der Waals surface area contributed by atoms with Gasteiger partial charge in [-0.05, 0) is 17.7 Å². The maximum Gasteiger partial charge on any atom is 0.326 e. The van der Waals surface area contributed by atoms with Crippen LogP contribution in [0.3, 0.4) is 0 Å². The van der Waals surface area contributed by atoms with Gasteiger partial charge in [0.05, 0.1) is 12.9 Å². The Morgan fingerprint density at radius 2 is 1.81 bits per heavy atom. The van der Waals surface area contributed by atoms with Crippen LogP contribution in [-0.4, -0.2) is 56.6 Å². The first kappa shape index (κ1) is 19.9. The van der Waals surface area contributed by atoms with E-state index in [9.17, 15) is 24.6 Å². The summed E-state index contributed by atoms with van der Waals surface area (Å²) in [6.45, 7) is -0.303. The van der Waals surface area contributed by atoms with E-state index < -0.39 is 29.9 Å². The van der Waals surface area contributed by atoms with Gasteiger partial charge in [-0.1, -0.05) is 12.1 Å². The molecular formula is C17H21N5O5. The van der Waals surface area contributed by atoms with Crippen LogP contribution in [0.5, 0.6) is 5.75 Å². The summed E-state index contributed by atoms with van der Waals surface area (Å²) in [4.78, 5) is 42.4. The summed E-state index contributed by atoms with van der Waals surface area (Å²) in [7, 11) is 0. The van der Waals surface area contributed by atoms with Crippen molar-refractivity contribution in [3.63, 3.8) is 0 Å². The Balaban J connectivity index is 2.09. The molecule has 0 saturated heterocycles. The largest absolute Gasteiger partial charge is 0.508 e. The van der Waals surface area contributed by atoms with Gasteiger partial charge in [0.25, 0.3) is 0 Å². The number of hydrogen-bond donors (Lipinski definition) is 6. The Morgan fingerprint density at radius 1 is 1.11 bits per heavy atom. The molecule has 10 heteroatoms. The number of hydrogen-bond acceptors (Lipinski definition) is 6. The predicted molar refractivity (Wildman–Crippen MR) is 94.7 cm³/mol. The van der Waals surface area contributed by atoms with Gasteiger partial charge < -0.3 is 31.6 Å². The van der Waals surface area contributed by atoms with Gasteiger partial charge in [0.15, 0.2) is 0 Å². The molecule has 0 bridgehead atoms. The van der Waals surface area contributed by atoms with Gasteiger partial charge in [0.2, 0.25) is 11.8 Å². The van der Waals surface area contributed by atoms with Crippen LogP contribution < -0.4 is 16.4 Å². The van der Waals surface area contributed by atoms with Gasteiger partial charge in [-0.2, -0.15) is 0 Å². The second kappa shape index (κ2) is 9.34. The average molecular weight is 375 g/mol. The van der Waals surface area contributed by atoms with Crippen LogP contribution >= 0.6 is 0 Å². The van der Waals surface area contributed by atoms with Crippen LogP contribution in [0.2, 0.25) is 0 Å². The van der Waals surface area contributed by atoms with E-state index in [4.69, 9.17) is 5.73 Å². The number of carbonyl (C=O) groups is 3. The van der Waals surface area contributed by atoms with Gasteiger partial charge in [-0.15, -0.1) is 0 Å². The summed E-state index contributed by atoms with van der Waals surface area (Å²) < 4.78 is 0. The number of nitrogens with two attached hydrogens (primary N) is 1. The molecule has 1 aromatic heterocycles. The zero-order valence-electron chi connectivity index (χ0n) is 14.4. The van der Waals surface area contributed by atoms with Gasteiger partial charge in [-0.25, -0.2) is 9.78 Å². The lowest BCUT2D eigenvalue weighted by Gasteiger charge is -2.21. The third-order valence-electron chi connectivity index (χ3n) is 3.81. The number of aromatic amines is 1. The molecule has 27 heavy (non-hydrogen) atoms. The van der Waals surface area contributed by atoms with E-state index >= 15 is 0 Å². The number of imidazole rings is 1. The monoisotopic (exact) mass is 375 g/mol. The fraction of sp³-hybridized carbons (Fsp3) is 0.294. The van der Waals surface area contributed by atoms with Crippen molar-refractivity contribution in [2.75, 3.05) is 6.54 Å². The van der Waals surface area contributed by atoms with Crippen molar-refractivity contribution in [1.82, 2.24) is 20.6 Å². The fourth-order valence-corrected chi connectivity index (χ4v) is 2.42. The van der Waals surface area contributed by atoms with Crippen LogP contribution in [0.1, 0.15) is 11.3 Å². The molecule has 10 nitrogen and oxygen atoms in total. The molecule has 2 aromatic rings. The van der Waals surface area contributed by atoms with Crippen molar-refractivity contribution in [1.29, 1.82) is 0 Å². The van der Waals surface area contributed by atoms with Crippen LogP contribution in [0, 0.1) is 0 Å². The maximum absolute atomic E-state index is 12.6. The molecule has 0 aliphatic rings. The molecule has 2 atom stereocenters. The zero-order chi connectivity index (χ0) is 19.8. The number of phenols is 1. The van der Waals surface area contributed by atoms with E-state index in [0.717, 1.165) is 0 Å². The molecule has 7 N–H and O–H groups in total. The first-order valence-electron chi connectivity index (χ1n) is 8.16. The van der Waals surface area contributed by atoms with E-state index in [1.807, 2.05) is 0 Å². The van der Waals surface area contributed by atoms with Crippen molar-refractivity contribution in [2.45, 2.75) is 24.9 Å². The smallest absolute Gasteiger partial charge is 0.326 e. The molecule has 2 amide bonds. The van der Waals surface area contributed by atoms with E-state index in [1.165, 1.54) is 24.7 Å². The summed E-state index contributed by atoms with van der Waals surface area (Å²) in [5.41, 5.74) is 6.50. The van der Waals surface area contributed by atoms with Crippen molar-refractivity contribution < 1.29 is 24.6 Å². The summed E-state index contributed by atoms with van der Waals surface area (Å²) in [5.74, 6) is -2.36. The number of carbonyl (C=O) groups excluding carboxylic acids is 2. The second-order valence-electron chi connectivity index (χ2n) is 5.88. The molecule has 1 aromatic carbocycles. The highest BCUT2D eigenvalue weighted by Gasteiger charge is 2.27. The molecule has 0 radical (unpaired) electrons. The molecule has 2 rings (SSSR count). The van der Waals surface area contributed by atoms with E-state index in [0.29, 0.717) is 11.3 Å². The van der Waals surface area contributed by atoms with Crippen molar-refractivity contribution >= 4 is 17.8 Å². The first-order valence-corrected chi connectivity index (χ1v) is 8.16. The van der Waals surface area contributed by atoms with Crippen LogP contribution in [0.4, 0.5) is 0 Å². The number of carboxylic acids is 1. The highest BCUT2D eigenvalue weighted by atomic mass is 16.4. The third kappa shape index (κ3) is 6.12. The van der Waals surface area contributed by atoms with Crippen LogP contribution in [0.25, 0.3) is 0 Å². The number of nitrogens with one attached hydrogen (secondary N) is 3. The molecule has 144 valence electrons. The highest BCUT2D eigenvalue weighted by molar-refractivity contribution is 5.91. The lowest BCUT2D eigenvalue weighted by atomic mass is 10.0. The number of aromatic nitrogens is 2. The Hall–Kier alpha value is -3.40. The number of carboxylic acid groups (broad SMARTS) is 1. The van der Waals surface area contributed by atoms with Gasteiger partial charge in [0.1, 0.15) is 17.8 Å². The van der Waals surface area contributed by atoms with E-state index in [1.54, 1.807) is 12.1 Å². The van der Waals surface area contributed by atoms with Crippen LogP contribution in [0.15, 0.2) is 36.8 Å². The first-order chi connectivity index (χ1) is 12.9. The Kier molecular flexibility index (Phi) is 6.89. The third-order valence-corrected chi connectivity index (χ3v) is 3.81. The van der Waals surface area contributed by atoms with Gasteiger partial charge >= 0.3 is 5.97 Å². The minimum absolute atomic E-state index is 0.0168. The zero-order valence-corrected chi connectivity index (χ0v) is 14.4. The number of rotatable bonds is 9. The predicted octanol–water partition coefficient (Wildman–Crippen LogP) is -1.09. The maximum atomic E-state index is 12.6. The molecule has 0 spiro atoms. The Labute approximate surface area is 154 Å². The van der Waals surface area contributed by atoms with E-state index in [-0.39, 0.29) is 25.1 Å². The molecule has 0 saturated carbocycles. The Bertz CT molecular complexity index is 776. The lowest BCUT2D eigenvalue weighted by Crippen LogP contribution is -2.54. The minimum atomic E-state index is -1.22. The van der Waals surface area contributed by atoms with Crippen molar-refractivity contribution in [3.05, 3.63) is 48.0 Å². The Morgan fingerprint density at radius 3 is 2.37 bits per heavy atom. The minimum Gasteiger partial charge on any atom is -0.508 e. The summed E-state index contributed by atoms with van der Waals surface area (Å²) in [6.07, 6.45) is 3.05. The molecule has 0 aliphatic carbocycles. The number of benzene rings is 1. The topological polar surface area (TPSA) is 170 Å². The average Bonchev–Trinajstić information content (AvgIpc) is 3.15. The fourth-order valence-electron chi connectivity index (χ4n) is 2.42. The van der Waals surface area contributed by atoms with E-state index in [2.05, 4.69) is 20.6 Å². The highest BCUT2D eigenvalue weighted by Crippen LogP contribution is 2.11. The number of amides is 2. The SMILES string of the molecule is NCC(=O)NC(Cc1cnc[nH]1)C(=O)NC(Cc1ccc(O)cc1)C(=O)O. The number of phenolic OH excluding ortho intramolecular Hbond substituents is 1. The molecule has 0 fully saturated rings. The number of aromatic hydroxyl groups is 1. The van der Waals surface area contributed by atoms with Gasteiger partial charge in [-0.3, -0.25) is 9.59 Å². The van der Waals surface area contributed by atoms with Crippen molar-refractivity contribution in [2.24, 2.45) is 5.73 Å². The normalized spacial score (nSPS) is 12.8. The molecule has 1 heterocycles. The summed E-state index contributed by atoms with van der Waals surface area (Å²) in [5, 5.41) is 23.6. The van der Waals surface area contributed by atoms with Crippen molar-refractivity contribution in [3.8, 4) is 5.75 Å².